The number of nitrogens with zero attached hydrogens (tertiary/aromatic N) is 1. The van der Waals surface area contributed by atoms with Crippen LogP contribution in [-0.4, -0.2) is 30.1 Å². The van der Waals surface area contributed by atoms with Crippen molar-refractivity contribution < 1.29 is 14.3 Å². The van der Waals surface area contributed by atoms with Crippen LogP contribution in [0.2, 0.25) is 0 Å². The van der Waals surface area contributed by atoms with Crippen LogP contribution in [0.25, 0.3) is 0 Å². The Bertz CT molecular complexity index is 388. The predicted molar refractivity (Wildman–Crippen MR) is 65.4 cm³/mol. The maximum absolute atomic E-state index is 12.0. The summed E-state index contributed by atoms with van der Waals surface area (Å²) in [6, 6.07) is 1.71. The molecule has 0 atom stereocenters. The van der Waals surface area contributed by atoms with Gasteiger partial charge in [0.2, 0.25) is 0 Å². The van der Waals surface area contributed by atoms with E-state index in [0.29, 0.717) is 24.3 Å². The minimum absolute atomic E-state index is 0.00547. The highest BCUT2D eigenvalue weighted by molar-refractivity contribution is 5.96. The highest BCUT2D eigenvalue weighted by Gasteiger charge is 2.22. The van der Waals surface area contributed by atoms with Crippen LogP contribution in [-0.2, 0) is 4.74 Å². The van der Waals surface area contributed by atoms with Gasteiger partial charge in [-0.3, -0.25) is 9.78 Å². The molecule has 94 valence electrons. The number of methoxy groups -OCH3 is 1. The smallest absolute Gasteiger partial charge is 0.167 e. The molecule has 0 N–H and O–H groups in total. The minimum Gasteiger partial charge on any atom is -0.492 e. The van der Waals surface area contributed by atoms with E-state index >= 15 is 0 Å². The molecule has 4 nitrogen and oxygen atoms in total. The van der Waals surface area contributed by atoms with Crippen molar-refractivity contribution >= 4 is 5.78 Å². The first-order valence-corrected chi connectivity index (χ1v) is 5.64. The molecule has 1 aromatic rings. The van der Waals surface area contributed by atoms with Crippen LogP contribution in [0.5, 0.6) is 5.75 Å². The van der Waals surface area contributed by atoms with Crippen molar-refractivity contribution in [2.45, 2.75) is 32.8 Å². The largest absolute Gasteiger partial charge is 0.492 e. The summed E-state index contributed by atoms with van der Waals surface area (Å²) in [5.41, 5.74) is 0.0969. The fourth-order valence-electron chi connectivity index (χ4n) is 1.38. The van der Waals surface area contributed by atoms with E-state index in [9.17, 15) is 4.79 Å². The zero-order chi connectivity index (χ0) is 12.9. The monoisotopic (exact) mass is 237 g/mol. The van der Waals surface area contributed by atoms with E-state index in [1.807, 2.05) is 20.8 Å². The quantitative estimate of drug-likeness (QED) is 0.713. The van der Waals surface area contributed by atoms with Crippen molar-refractivity contribution in [3.8, 4) is 5.75 Å². The zero-order valence-corrected chi connectivity index (χ0v) is 10.8. The van der Waals surface area contributed by atoms with Crippen LogP contribution >= 0.6 is 0 Å². The molecular weight excluding hydrogens is 218 g/mol. The van der Waals surface area contributed by atoms with E-state index in [1.165, 1.54) is 0 Å². The molecule has 0 aromatic carbocycles. The number of ether oxygens (including phenoxy) is 2. The Hall–Kier alpha value is -1.42. The third-order valence-electron chi connectivity index (χ3n) is 2.49. The normalized spacial score (nSPS) is 11.3. The summed E-state index contributed by atoms with van der Waals surface area (Å²) < 4.78 is 10.5. The predicted octanol–water partition coefficient (Wildman–Crippen LogP) is 2.48. The second-order valence-electron chi connectivity index (χ2n) is 4.41. The van der Waals surface area contributed by atoms with E-state index in [4.69, 9.17) is 9.47 Å². The Labute approximate surface area is 102 Å². The van der Waals surface area contributed by atoms with Gasteiger partial charge in [-0.2, -0.15) is 0 Å². The molecule has 0 bridgehead atoms. The average Bonchev–Trinajstić information content (AvgIpc) is 2.29. The number of rotatable bonds is 6. The summed E-state index contributed by atoms with van der Waals surface area (Å²) in [5, 5.41) is 0. The molecule has 0 fully saturated rings. The lowest BCUT2D eigenvalue weighted by molar-refractivity contribution is 0.0172. The molecule has 0 aliphatic carbocycles. The number of hydrogen-bond acceptors (Lipinski definition) is 4. The van der Waals surface area contributed by atoms with E-state index < -0.39 is 5.60 Å². The average molecular weight is 237 g/mol. The SMILES string of the molecule is CCOc1cncc(C(=O)CC(C)(C)OC)c1. The summed E-state index contributed by atoms with van der Waals surface area (Å²) in [7, 11) is 1.60. The first-order chi connectivity index (χ1) is 7.98. The number of pyridine rings is 1. The fraction of sp³-hybridized carbons (Fsp3) is 0.538. The summed E-state index contributed by atoms with van der Waals surface area (Å²) >= 11 is 0. The van der Waals surface area contributed by atoms with Crippen molar-refractivity contribution in [3.05, 3.63) is 24.0 Å². The van der Waals surface area contributed by atoms with E-state index in [0.717, 1.165) is 0 Å². The first-order valence-electron chi connectivity index (χ1n) is 5.64. The second-order valence-corrected chi connectivity index (χ2v) is 4.41. The molecule has 1 aromatic heterocycles. The molecule has 1 heterocycles. The van der Waals surface area contributed by atoms with Gasteiger partial charge >= 0.3 is 0 Å². The Kier molecular flexibility index (Phi) is 4.63. The number of hydrogen-bond donors (Lipinski definition) is 0. The number of Topliss-reactive ketones (excluding diaryl/α,β-unsaturated/α-hetero) is 1. The van der Waals surface area contributed by atoms with Gasteiger partial charge in [-0.05, 0) is 26.8 Å². The molecular formula is C13H19NO3. The molecule has 4 heteroatoms. The second kappa shape index (κ2) is 5.77. The van der Waals surface area contributed by atoms with E-state index in [2.05, 4.69) is 4.98 Å². The van der Waals surface area contributed by atoms with Crippen LogP contribution < -0.4 is 4.74 Å². The van der Waals surface area contributed by atoms with Gasteiger partial charge < -0.3 is 9.47 Å². The molecule has 0 spiro atoms. The van der Waals surface area contributed by atoms with Gasteiger partial charge in [0.1, 0.15) is 5.75 Å². The maximum Gasteiger partial charge on any atom is 0.167 e. The molecule has 1 rings (SSSR count). The van der Waals surface area contributed by atoms with Crippen LogP contribution in [0.1, 0.15) is 37.6 Å². The standard InChI is InChI=1S/C13H19NO3/c1-5-17-11-6-10(8-14-9-11)12(15)7-13(2,3)16-4/h6,8-9H,5,7H2,1-4H3. The minimum atomic E-state index is -0.460. The van der Waals surface area contributed by atoms with Crippen LogP contribution in [0.3, 0.4) is 0 Å². The fourth-order valence-corrected chi connectivity index (χ4v) is 1.38. The summed E-state index contributed by atoms with van der Waals surface area (Å²) in [6.07, 6.45) is 3.47. The van der Waals surface area contributed by atoms with Gasteiger partial charge in [0.15, 0.2) is 5.78 Å². The van der Waals surface area contributed by atoms with Crippen molar-refractivity contribution in [1.82, 2.24) is 4.98 Å². The first kappa shape index (κ1) is 13.6. The Morgan fingerprint density at radius 3 is 2.71 bits per heavy atom. The van der Waals surface area contributed by atoms with Crippen molar-refractivity contribution in [3.63, 3.8) is 0 Å². The molecule has 0 saturated carbocycles. The van der Waals surface area contributed by atoms with Crippen LogP contribution in [0, 0.1) is 0 Å². The van der Waals surface area contributed by atoms with Gasteiger partial charge in [-0.15, -0.1) is 0 Å². The Morgan fingerprint density at radius 1 is 1.41 bits per heavy atom. The van der Waals surface area contributed by atoms with Crippen LogP contribution in [0.15, 0.2) is 18.5 Å². The molecule has 17 heavy (non-hydrogen) atoms. The van der Waals surface area contributed by atoms with Gasteiger partial charge in [-0.25, -0.2) is 0 Å². The molecule has 0 unspecified atom stereocenters. The molecule has 0 radical (unpaired) electrons. The lowest BCUT2D eigenvalue weighted by Crippen LogP contribution is -2.26. The van der Waals surface area contributed by atoms with Gasteiger partial charge in [0.05, 0.1) is 18.4 Å². The Morgan fingerprint density at radius 2 is 2.12 bits per heavy atom. The van der Waals surface area contributed by atoms with E-state index in [1.54, 1.807) is 25.6 Å². The molecule has 0 aliphatic heterocycles. The van der Waals surface area contributed by atoms with Gasteiger partial charge in [0, 0.05) is 25.3 Å². The lowest BCUT2D eigenvalue weighted by atomic mass is 9.98. The highest BCUT2D eigenvalue weighted by Crippen LogP contribution is 2.19. The van der Waals surface area contributed by atoms with Gasteiger partial charge in [-0.1, -0.05) is 0 Å². The summed E-state index contributed by atoms with van der Waals surface area (Å²) in [4.78, 5) is 16.0. The number of carbonyl (C=O) groups is 1. The van der Waals surface area contributed by atoms with Crippen LogP contribution in [0.4, 0.5) is 0 Å². The Balaban J connectivity index is 2.78. The van der Waals surface area contributed by atoms with Crippen molar-refractivity contribution in [2.75, 3.05) is 13.7 Å². The number of carbonyl (C=O) groups excluding carboxylic acids is 1. The summed E-state index contributed by atoms with van der Waals surface area (Å²) in [6.45, 7) is 6.21. The third-order valence-corrected chi connectivity index (χ3v) is 2.49. The maximum atomic E-state index is 12.0. The van der Waals surface area contributed by atoms with Crippen molar-refractivity contribution in [1.29, 1.82) is 0 Å². The number of aromatic nitrogens is 1. The molecule has 0 saturated heterocycles. The topological polar surface area (TPSA) is 48.4 Å². The molecule has 0 amide bonds. The lowest BCUT2D eigenvalue weighted by Gasteiger charge is -2.21. The van der Waals surface area contributed by atoms with E-state index in [-0.39, 0.29) is 5.78 Å². The number of ketones is 1. The van der Waals surface area contributed by atoms with Crippen molar-refractivity contribution in [2.24, 2.45) is 0 Å². The third kappa shape index (κ3) is 4.15. The zero-order valence-electron chi connectivity index (χ0n) is 10.8. The molecule has 0 aliphatic rings. The summed E-state index contributed by atoms with van der Waals surface area (Å²) in [5.74, 6) is 0.625. The van der Waals surface area contributed by atoms with Gasteiger partial charge in [0.25, 0.3) is 0 Å². The highest BCUT2D eigenvalue weighted by atomic mass is 16.5.